The number of alkyl halides is 3. The van der Waals surface area contributed by atoms with Crippen LogP contribution in [0.25, 0.3) is 0 Å². The first kappa shape index (κ1) is 12.9. The van der Waals surface area contributed by atoms with Gasteiger partial charge in [-0.15, -0.1) is 11.3 Å². The summed E-state index contributed by atoms with van der Waals surface area (Å²) in [7, 11) is 0. The smallest absolute Gasteiger partial charge is 0.475 e. The Morgan fingerprint density at radius 3 is 2.21 bits per heavy atom. The summed E-state index contributed by atoms with van der Waals surface area (Å²) < 4.78 is 31.7. The van der Waals surface area contributed by atoms with Crippen LogP contribution in [0.5, 0.6) is 0 Å². The molecule has 0 bridgehead atoms. The molecule has 0 atom stereocenters. The van der Waals surface area contributed by atoms with Crippen molar-refractivity contribution in [3.8, 4) is 0 Å². The molecule has 0 radical (unpaired) electrons. The van der Waals surface area contributed by atoms with E-state index >= 15 is 0 Å². The highest BCUT2D eigenvalue weighted by atomic mass is 32.1. The standard InChI is InChI=1S/C5H7NS.C2HF3O2/c6-4-5-2-1-3-7-5;3-2(4,5)1(6)7/h1-3H,4,6H2;(H,6,7). The molecule has 0 saturated carbocycles. The number of hydrogen-bond acceptors (Lipinski definition) is 3. The Morgan fingerprint density at radius 2 is 2.07 bits per heavy atom. The molecule has 0 spiro atoms. The van der Waals surface area contributed by atoms with Gasteiger partial charge in [0.1, 0.15) is 0 Å². The van der Waals surface area contributed by atoms with E-state index < -0.39 is 12.1 Å². The van der Waals surface area contributed by atoms with Gasteiger partial charge in [-0.25, -0.2) is 4.79 Å². The lowest BCUT2D eigenvalue weighted by Gasteiger charge is -1.93. The van der Waals surface area contributed by atoms with Crippen LogP contribution in [0.3, 0.4) is 0 Å². The monoisotopic (exact) mass is 227 g/mol. The molecule has 0 aliphatic rings. The number of thiophene rings is 1. The van der Waals surface area contributed by atoms with Crippen molar-refractivity contribution in [2.24, 2.45) is 5.73 Å². The molecule has 1 aromatic rings. The van der Waals surface area contributed by atoms with E-state index in [1.807, 2.05) is 17.5 Å². The molecule has 0 aromatic carbocycles. The third kappa shape index (κ3) is 5.55. The zero-order valence-corrected chi connectivity index (χ0v) is 7.73. The zero-order chi connectivity index (χ0) is 11.2. The van der Waals surface area contributed by atoms with Crippen molar-refractivity contribution in [1.29, 1.82) is 0 Å². The minimum atomic E-state index is -5.08. The van der Waals surface area contributed by atoms with Gasteiger partial charge in [0.05, 0.1) is 0 Å². The summed E-state index contributed by atoms with van der Waals surface area (Å²) in [4.78, 5) is 10.1. The van der Waals surface area contributed by atoms with Crippen LogP contribution >= 0.6 is 11.3 Å². The molecule has 0 unspecified atom stereocenters. The summed E-state index contributed by atoms with van der Waals surface area (Å²) in [5, 5.41) is 9.15. The number of carboxylic acid groups (broad SMARTS) is 1. The summed E-state index contributed by atoms with van der Waals surface area (Å²) in [5.74, 6) is -2.76. The van der Waals surface area contributed by atoms with Crippen molar-refractivity contribution in [3.05, 3.63) is 22.4 Å². The SMILES string of the molecule is NCc1cccs1.O=C(O)C(F)(F)F. The van der Waals surface area contributed by atoms with Gasteiger partial charge in [-0.05, 0) is 11.4 Å². The van der Waals surface area contributed by atoms with Gasteiger partial charge < -0.3 is 10.8 Å². The predicted molar refractivity (Wildman–Crippen MR) is 45.9 cm³/mol. The summed E-state index contributed by atoms with van der Waals surface area (Å²) >= 11 is 1.70. The normalized spacial score (nSPS) is 10.3. The fraction of sp³-hybridized carbons (Fsp3) is 0.286. The highest BCUT2D eigenvalue weighted by Crippen LogP contribution is 2.13. The molecule has 1 rings (SSSR count). The molecule has 0 amide bonds. The number of carboxylic acids is 1. The second-order valence-electron chi connectivity index (χ2n) is 2.09. The van der Waals surface area contributed by atoms with Crippen LogP contribution in [-0.2, 0) is 11.3 Å². The molecule has 3 N–H and O–H groups in total. The van der Waals surface area contributed by atoms with Gasteiger partial charge in [0.15, 0.2) is 0 Å². The average molecular weight is 227 g/mol. The van der Waals surface area contributed by atoms with E-state index in [1.54, 1.807) is 11.3 Å². The van der Waals surface area contributed by atoms with Crippen LogP contribution < -0.4 is 5.73 Å². The third-order valence-corrected chi connectivity index (χ3v) is 1.92. The molecule has 3 nitrogen and oxygen atoms in total. The Hall–Kier alpha value is -1.08. The fourth-order valence-corrected chi connectivity index (χ4v) is 1.01. The Labute approximate surface area is 82.0 Å². The third-order valence-electron chi connectivity index (χ3n) is 1.02. The second kappa shape index (κ2) is 5.61. The van der Waals surface area contributed by atoms with Crippen LogP contribution in [-0.4, -0.2) is 17.3 Å². The van der Waals surface area contributed by atoms with E-state index in [0.29, 0.717) is 6.54 Å². The van der Waals surface area contributed by atoms with Crippen LogP contribution in [0.1, 0.15) is 4.88 Å². The number of carbonyl (C=O) groups is 1. The van der Waals surface area contributed by atoms with Gasteiger partial charge in [0.25, 0.3) is 0 Å². The molecule has 0 saturated heterocycles. The number of rotatable bonds is 1. The van der Waals surface area contributed by atoms with E-state index in [0.717, 1.165) is 0 Å². The topological polar surface area (TPSA) is 63.3 Å². The summed E-state index contributed by atoms with van der Waals surface area (Å²) in [6.07, 6.45) is -5.08. The Kier molecular flexibility index (Phi) is 5.18. The lowest BCUT2D eigenvalue weighted by atomic mass is 10.5. The summed E-state index contributed by atoms with van der Waals surface area (Å²) in [6.45, 7) is 0.678. The molecule has 14 heavy (non-hydrogen) atoms. The molecule has 0 fully saturated rings. The first-order valence-corrected chi connectivity index (χ1v) is 4.28. The lowest BCUT2D eigenvalue weighted by Crippen LogP contribution is -2.21. The van der Waals surface area contributed by atoms with Crippen LogP contribution in [0.4, 0.5) is 13.2 Å². The summed E-state index contributed by atoms with van der Waals surface area (Å²) in [6, 6.07) is 4.04. The van der Waals surface area contributed by atoms with Crippen molar-refractivity contribution < 1.29 is 23.1 Å². The average Bonchev–Trinajstić information content (AvgIpc) is 2.54. The van der Waals surface area contributed by atoms with Crippen molar-refractivity contribution in [2.45, 2.75) is 12.7 Å². The van der Waals surface area contributed by atoms with Gasteiger partial charge >= 0.3 is 12.1 Å². The van der Waals surface area contributed by atoms with Crippen molar-refractivity contribution in [3.63, 3.8) is 0 Å². The second-order valence-corrected chi connectivity index (χ2v) is 3.12. The number of nitrogens with two attached hydrogens (primary N) is 1. The van der Waals surface area contributed by atoms with Crippen molar-refractivity contribution in [2.75, 3.05) is 0 Å². The van der Waals surface area contributed by atoms with Gasteiger partial charge in [0, 0.05) is 11.4 Å². The molecular weight excluding hydrogens is 219 g/mol. The first-order valence-electron chi connectivity index (χ1n) is 3.40. The maximum atomic E-state index is 10.6. The van der Waals surface area contributed by atoms with Gasteiger partial charge in [-0.1, -0.05) is 6.07 Å². The van der Waals surface area contributed by atoms with Crippen LogP contribution in [0.2, 0.25) is 0 Å². The van der Waals surface area contributed by atoms with Crippen LogP contribution in [0.15, 0.2) is 17.5 Å². The molecule has 0 aliphatic carbocycles. The quantitative estimate of drug-likeness (QED) is 0.769. The van der Waals surface area contributed by atoms with E-state index in [2.05, 4.69) is 0 Å². The van der Waals surface area contributed by atoms with E-state index in [1.165, 1.54) is 4.88 Å². The first-order chi connectivity index (χ1) is 6.38. The number of halogens is 3. The van der Waals surface area contributed by atoms with Gasteiger partial charge in [-0.2, -0.15) is 13.2 Å². The zero-order valence-electron chi connectivity index (χ0n) is 6.91. The lowest BCUT2D eigenvalue weighted by molar-refractivity contribution is -0.192. The van der Waals surface area contributed by atoms with E-state index in [9.17, 15) is 13.2 Å². The van der Waals surface area contributed by atoms with E-state index in [-0.39, 0.29) is 0 Å². The predicted octanol–water partition coefficient (Wildman–Crippen LogP) is 1.84. The highest BCUT2D eigenvalue weighted by molar-refractivity contribution is 7.09. The highest BCUT2D eigenvalue weighted by Gasteiger charge is 2.38. The van der Waals surface area contributed by atoms with Crippen LogP contribution in [0, 0.1) is 0 Å². The molecule has 7 heteroatoms. The van der Waals surface area contributed by atoms with E-state index in [4.69, 9.17) is 15.6 Å². The molecule has 1 aromatic heterocycles. The molecule has 0 aliphatic heterocycles. The van der Waals surface area contributed by atoms with Gasteiger partial charge in [-0.3, -0.25) is 0 Å². The molecular formula is C7H8F3NO2S. The Bertz CT molecular complexity index is 271. The number of aliphatic carboxylic acids is 1. The van der Waals surface area contributed by atoms with Gasteiger partial charge in [0.2, 0.25) is 0 Å². The maximum absolute atomic E-state index is 10.6. The Balaban J connectivity index is 0.000000241. The number of hydrogen-bond donors (Lipinski definition) is 2. The maximum Gasteiger partial charge on any atom is 0.490 e. The summed E-state index contributed by atoms with van der Waals surface area (Å²) in [5.41, 5.74) is 5.30. The largest absolute Gasteiger partial charge is 0.490 e. The Morgan fingerprint density at radius 1 is 1.57 bits per heavy atom. The van der Waals surface area contributed by atoms with Crippen molar-refractivity contribution >= 4 is 17.3 Å². The minimum Gasteiger partial charge on any atom is -0.475 e. The van der Waals surface area contributed by atoms with Crippen molar-refractivity contribution in [1.82, 2.24) is 0 Å². The fourth-order valence-electron chi connectivity index (χ4n) is 0.429. The minimum absolute atomic E-state index is 0.678. The molecule has 80 valence electrons. The molecule has 1 heterocycles.